The summed E-state index contributed by atoms with van der Waals surface area (Å²) in [4.78, 5) is 10.2. The second-order valence-electron chi connectivity index (χ2n) is 5.41. The summed E-state index contributed by atoms with van der Waals surface area (Å²) in [6.07, 6.45) is 7.97. The molecule has 21 heavy (non-hydrogen) atoms. The van der Waals surface area contributed by atoms with Gasteiger partial charge in [0.1, 0.15) is 5.84 Å². The first-order valence-electron chi connectivity index (χ1n) is 7.50. The van der Waals surface area contributed by atoms with Crippen LogP contribution in [0.1, 0.15) is 45.1 Å². The molecule has 0 aromatic carbocycles. The number of aliphatic hydroxyl groups excluding tert-OH is 2. The zero-order chi connectivity index (χ0) is 15.2. The lowest BCUT2D eigenvalue weighted by molar-refractivity contribution is 0.236. The Morgan fingerprint density at radius 2 is 1.95 bits per heavy atom. The monoisotopic (exact) mass is 289 g/mol. The molecule has 0 amide bonds. The van der Waals surface area contributed by atoms with E-state index in [2.05, 4.69) is 23.8 Å². The number of hydrogen-bond donors (Lipinski definition) is 2. The van der Waals surface area contributed by atoms with Gasteiger partial charge in [-0.05, 0) is 25.5 Å². The maximum Gasteiger partial charge on any atom is 0.253 e. The standard InChI is InChI=1S/C16H23N3O2/c1-3-4-5-6-12(2)19-11-14(20)16(21)18-15(19)13-7-9-17-10-8-13/h7-10,12,20-21H,3-6,11H2,1-2H3. The predicted octanol–water partition coefficient (Wildman–Crippen LogP) is 3.40. The predicted molar refractivity (Wildman–Crippen MR) is 83.4 cm³/mol. The zero-order valence-corrected chi connectivity index (χ0v) is 12.7. The van der Waals surface area contributed by atoms with Crippen molar-refractivity contribution < 1.29 is 10.2 Å². The summed E-state index contributed by atoms with van der Waals surface area (Å²) < 4.78 is 0. The van der Waals surface area contributed by atoms with E-state index in [4.69, 9.17) is 0 Å². The van der Waals surface area contributed by atoms with Crippen molar-refractivity contribution in [1.82, 2.24) is 9.88 Å². The van der Waals surface area contributed by atoms with Crippen molar-refractivity contribution in [2.45, 2.75) is 45.6 Å². The highest BCUT2D eigenvalue weighted by Crippen LogP contribution is 2.21. The molecule has 5 nitrogen and oxygen atoms in total. The van der Waals surface area contributed by atoms with E-state index in [-0.39, 0.29) is 17.7 Å². The summed E-state index contributed by atoms with van der Waals surface area (Å²) in [5.74, 6) is 0.325. The first-order chi connectivity index (χ1) is 10.1. The van der Waals surface area contributed by atoms with E-state index in [1.165, 1.54) is 12.8 Å². The summed E-state index contributed by atoms with van der Waals surface area (Å²) >= 11 is 0. The van der Waals surface area contributed by atoms with Gasteiger partial charge in [0.2, 0.25) is 0 Å². The minimum Gasteiger partial charge on any atom is -0.506 e. The molecule has 114 valence electrons. The molecule has 0 fully saturated rings. The minimum absolute atomic E-state index is 0.0739. The van der Waals surface area contributed by atoms with Crippen LogP contribution in [0.4, 0.5) is 0 Å². The average Bonchev–Trinajstić information content (AvgIpc) is 2.50. The van der Waals surface area contributed by atoms with Crippen LogP contribution in [0.15, 0.2) is 41.2 Å². The van der Waals surface area contributed by atoms with Crippen molar-refractivity contribution in [1.29, 1.82) is 0 Å². The van der Waals surface area contributed by atoms with E-state index in [0.717, 1.165) is 18.4 Å². The number of nitrogens with zero attached hydrogens (tertiary/aromatic N) is 3. The molecule has 5 heteroatoms. The van der Waals surface area contributed by atoms with E-state index >= 15 is 0 Å². The normalized spacial score (nSPS) is 16.9. The van der Waals surface area contributed by atoms with Crippen molar-refractivity contribution in [3.05, 3.63) is 41.7 Å². The molecule has 0 radical (unpaired) electrons. The highest BCUT2D eigenvalue weighted by Gasteiger charge is 2.26. The van der Waals surface area contributed by atoms with E-state index in [1.54, 1.807) is 12.4 Å². The molecule has 1 aliphatic heterocycles. The topological polar surface area (TPSA) is 69.0 Å². The Morgan fingerprint density at radius 3 is 2.62 bits per heavy atom. The lowest BCUT2D eigenvalue weighted by Crippen LogP contribution is -2.42. The van der Waals surface area contributed by atoms with Crippen LogP contribution >= 0.6 is 0 Å². The lowest BCUT2D eigenvalue weighted by atomic mass is 10.1. The third-order valence-corrected chi connectivity index (χ3v) is 3.76. The Hall–Kier alpha value is -2.04. The van der Waals surface area contributed by atoms with Crippen LogP contribution in [0.2, 0.25) is 0 Å². The zero-order valence-electron chi connectivity index (χ0n) is 12.7. The van der Waals surface area contributed by atoms with E-state index in [0.29, 0.717) is 12.4 Å². The molecule has 1 aromatic heterocycles. The molecule has 0 bridgehead atoms. The smallest absolute Gasteiger partial charge is 0.253 e. The van der Waals surface area contributed by atoms with Crippen LogP contribution in [-0.4, -0.2) is 38.5 Å². The van der Waals surface area contributed by atoms with Crippen LogP contribution in [-0.2, 0) is 0 Å². The van der Waals surface area contributed by atoms with Gasteiger partial charge in [-0.3, -0.25) is 4.98 Å². The maximum absolute atomic E-state index is 9.80. The van der Waals surface area contributed by atoms with Gasteiger partial charge in [0.25, 0.3) is 5.88 Å². The Balaban J connectivity index is 2.21. The summed E-state index contributed by atoms with van der Waals surface area (Å²) in [5, 5.41) is 19.5. The first-order valence-corrected chi connectivity index (χ1v) is 7.50. The number of rotatable bonds is 6. The van der Waals surface area contributed by atoms with Crippen molar-refractivity contribution >= 4 is 5.84 Å². The Morgan fingerprint density at radius 1 is 1.24 bits per heavy atom. The number of hydrogen-bond acceptors (Lipinski definition) is 5. The molecule has 1 atom stereocenters. The molecule has 1 aromatic rings. The second kappa shape index (κ2) is 7.11. The molecule has 0 saturated carbocycles. The first kappa shape index (κ1) is 15.4. The van der Waals surface area contributed by atoms with Gasteiger partial charge in [0.15, 0.2) is 5.76 Å². The van der Waals surface area contributed by atoms with E-state index < -0.39 is 0 Å². The molecular weight excluding hydrogens is 266 g/mol. The van der Waals surface area contributed by atoms with Gasteiger partial charge >= 0.3 is 0 Å². The van der Waals surface area contributed by atoms with Gasteiger partial charge in [0.05, 0.1) is 6.54 Å². The molecular formula is C16H23N3O2. The molecule has 2 rings (SSSR count). The SMILES string of the molecule is CCCCCC(C)N1CC(O)=C(O)N=C1c1ccncc1. The summed E-state index contributed by atoms with van der Waals surface area (Å²) in [7, 11) is 0. The number of unbranched alkanes of at least 4 members (excludes halogenated alkanes) is 2. The van der Waals surface area contributed by atoms with Crippen LogP contribution in [0, 0.1) is 0 Å². The van der Waals surface area contributed by atoms with Crippen LogP contribution in [0.5, 0.6) is 0 Å². The van der Waals surface area contributed by atoms with Gasteiger partial charge in [-0.15, -0.1) is 0 Å². The molecule has 2 heterocycles. The van der Waals surface area contributed by atoms with Crippen LogP contribution < -0.4 is 0 Å². The minimum atomic E-state index is -0.293. The van der Waals surface area contributed by atoms with Crippen molar-refractivity contribution in [3.8, 4) is 0 Å². The summed E-state index contributed by atoms with van der Waals surface area (Å²) in [6.45, 7) is 4.60. The maximum atomic E-state index is 9.80. The quantitative estimate of drug-likeness (QED) is 0.788. The molecule has 0 saturated heterocycles. The average molecular weight is 289 g/mol. The van der Waals surface area contributed by atoms with Crippen molar-refractivity contribution in [2.75, 3.05) is 6.54 Å². The fourth-order valence-corrected chi connectivity index (χ4v) is 2.48. The lowest BCUT2D eigenvalue weighted by Gasteiger charge is -2.34. The van der Waals surface area contributed by atoms with Crippen molar-refractivity contribution in [2.24, 2.45) is 4.99 Å². The summed E-state index contributed by atoms with van der Waals surface area (Å²) in [5.41, 5.74) is 0.895. The Kier molecular flexibility index (Phi) is 5.20. The number of aromatic nitrogens is 1. The van der Waals surface area contributed by atoms with Gasteiger partial charge in [-0.25, -0.2) is 0 Å². The largest absolute Gasteiger partial charge is 0.506 e. The molecule has 1 aliphatic rings. The van der Waals surface area contributed by atoms with Gasteiger partial charge in [0, 0.05) is 24.0 Å². The summed E-state index contributed by atoms with van der Waals surface area (Å²) in [6, 6.07) is 3.97. The van der Waals surface area contributed by atoms with Crippen molar-refractivity contribution in [3.63, 3.8) is 0 Å². The van der Waals surface area contributed by atoms with Crippen LogP contribution in [0.3, 0.4) is 0 Å². The van der Waals surface area contributed by atoms with Gasteiger partial charge in [-0.1, -0.05) is 26.2 Å². The third-order valence-electron chi connectivity index (χ3n) is 3.76. The van der Waals surface area contributed by atoms with E-state index in [1.807, 2.05) is 17.0 Å². The molecule has 1 unspecified atom stereocenters. The van der Waals surface area contributed by atoms with E-state index in [9.17, 15) is 10.2 Å². The fourth-order valence-electron chi connectivity index (χ4n) is 2.48. The number of amidine groups is 1. The Labute approximate surface area is 125 Å². The number of aliphatic hydroxyl groups is 2. The molecule has 0 aliphatic carbocycles. The number of aliphatic imine (C=N–C) groups is 1. The fraction of sp³-hybridized carbons (Fsp3) is 0.500. The third kappa shape index (κ3) is 3.74. The Bertz CT molecular complexity index is 526. The van der Waals surface area contributed by atoms with Crippen LogP contribution in [0.25, 0.3) is 0 Å². The highest BCUT2D eigenvalue weighted by molar-refractivity contribution is 6.00. The number of pyridine rings is 1. The molecule has 2 N–H and O–H groups in total. The second-order valence-corrected chi connectivity index (χ2v) is 5.41. The highest BCUT2D eigenvalue weighted by atomic mass is 16.3. The van der Waals surface area contributed by atoms with Gasteiger partial charge in [-0.2, -0.15) is 4.99 Å². The van der Waals surface area contributed by atoms with Gasteiger partial charge < -0.3 is 15.1 Å². The molecule has 0 spiro atoms.